The van der Waals surface area contributed by atoms with E-state index in [0.717, 1.165) is 18.9 Å². The van der Waals surface area contributed by atoms with Crippen molar-refractivity contribution in [3.8, 4) is 6.07 Å². The summed E-state index contributed by atoms with van der Waals surface area (Å²) in [7, 11) is -3.75. The Bertz CT molecular complexity index is 640. The van der Waals surface area contributed by atoms with E-state index < -0.39 is 16.0 Å². The molecule has 1 aromatic rings. The summed E-state index contributed by atoms with van der Waals surface area (Å²) in [6.07, 6.45) is 1.80. The van der Waals surface area contributed by atoms with E-state index in [1.807, 2.05) is 6.92 Å². The largest absolute Gasteiger partial charge is 0.301 e. The van der Waals surface area contributed by atoms with Gasteiger partial charge in [0, 0.05) is 13.1 Å². The minimum absolute atomic E-state index is 0.0225. The first-order chi connectivity index (χ1) is 9.44. The molecule has 1 unspecified atom stereocenters. The maximum Gasteiger partial charge on any atom is 0.301 e. The van der Waals surface area contributed by atoms with Gasteiger partial charge in [0.25, 0.3) is 0 Å². The molecule has 0 aromatic heterocycles. The van der Waals surface area contributed by atoms with Crippen molar-refractivity contribution in [1.29, 1.82) is 5.26 Å². The summed E-state index contributed by atoms with van der Waals surface area (Å²) < 4.78 is 41.6. The van der Waals surface area contributed by atoms with Crippen LogP contribution in [-0.4, -0.2) is 25.8 Å². The van der Waals surface area contributed by atoms with Crippen molar-refractivity contribution in [2.75, 3.05) is 17.8 Å². The molecule has 0 aliphatic carbocycles. The Kier molecular flexibility index (Phi) is 4.26. The number of nitriles is 1. The first-order valence-electron chi connectivity index (χ1n) is 6.40. The fourth-order valence-electron chi connectivity index (χ4n) is 2.29. The van der Waals surface area contributed by atoms with Gasteiger partial charge in [-0.1, -0.05) is 13.0 Å². The number of nitrogens with one attached hydrogen (secondary N) is 1. The normalized spacial score (nSPS) is 20.4. The Balaban J connectivity index is 2.25. The predicted octanol–water partition coefficient (Wildman–Crippen LogP) is 2.09. The average molecular weight is 297 g/mol. The van der Waals surface area contributed by atoms with Gasteiger partial charge in [-0.2, -0.15) is 18.0 Å². The lowest BCUT2D eigenvalue weighted by molar-refractivity contribution is 0.282. The molecule has 5 nitrogen and oxygen atoms in total. The third-order valence-corrected chi connectivity index (χ3v) is 4.81. The van der Waals surface area contributed by atoms with Gasteiger partial charge in [0.15, 0.2) is 0 Å². The number of nitrogens with zero attached hydrogens (tertiary/aromatic N) is 2. The molecule has 20 heavy (non-hydrogen) atoms. The molecule has 1 aromatic carbocycles. The lowest BCUT2D eigenvalue weighted by Gasteiger charge is -2.30. The molecule has 1 atom stereocenters. The topological polar surface area (TPSA) is 73.2 Å². The highest BCUT2D eigenvalue weighted by atomic mass is 32.2. The van der Waals surface area contributed by atoms with E-state index in [9.17, 15) is 12.8 Å². The highest BCUT2D eigenvalue weighted by molar-refractivity contribution is 7.90. The zero-order valence-electron chi connectivity index (χ0n) is 11.1. The number of rotatable bonds is 3. The van der Waals surface area contributed by atoms with Crippen molar-refractivity contribution in [3.05, 3.63) is 29.6 Å². The van der Waals surface area contributed by atoms with Crippen LogP contribution in [-0.2, 0) is 10.2 Å². The molecule has 1 aliphatic rings. The standard InChI is InChI=1S/C13H16FN3O2S/c1-10-4-3-7-17(9-10)20(18,19)16-13-6-2-5-12(14)11(13)8-15/h2,5-6,10,16H,3-4,7,9H2,1H3. The Labute approximate surface area is 118 Å². The minimum Gasteiger partial charge on any atom is -0.269 e. The first-order valence-corrected chi connectivity index (χ1v) is 7.84. The van der Waals surface area contributed by atoms with Crippen LogP contribution in [0.1, 0.15) is 25.3 Å². The molecule has 0 amide bonds. The van der Waals surface area contributed by atoms with Crippen molar-refractivity contribution < 1.29 is 12.8 Å². The van der Waals surface area contributed by atoms with Gasteiger partial charge >= 0.3 is 10.2 Å². The van der Waals surface area contributed by atoms with Gasteiger partial charge in [0.1, 0.15) is 17.4 Å². The summed E-state index contributed by atoms with van der Waals surface area (Å²) in [5, 5.41) is 8.91. The van der Waals surface area contributed by atoms with E-state index in [1.54, 1.807) is 6.07 Å². The van der Waals surface area contributed by atoms with Crippen LogP contribution in [0.15, 0.2) is 18.2 Å². The third-order valence-electron chi connectivity index (χ3n) is 3.32. The number of hydrogen-bond acceptors (Lipinski definition) is 3. The van der Waals surface area contributed by atoms with E-state index in [1.165, 1.54) is 16.4 Å². The van der Waals surface area contributed by atoms with Crippen molar-refractivity contribution in [2.45, 2.75) is 19.8 Å². The quantitative estimate of drug-likeness (QED) is 0.928. The molecule has 1 saturated heterocycles. The van der Waals surface area contributed by atoms with Crippen LogP contribution in [0, 0.1) is 23.1 Å². The Morgan fingerprint density at radius 1 is 1.50 bits per heavy atom. The van der Waals surface area contributed by atoms with Crippen LogP contribution in [0.25, 0.3) is 0 Å². The van der Waals surface area contributed by atoms with Crippen molar-refractivity contribution in [1.82, 2.24) is 4.31 Å². The lowest BCUT2D eigenvalue weighted by Crippen LogP contribution is -2.42. The number of anilines is 1. The van der Waals surface area contributed by atoms with Gasteiger partial charge < -0.3 is 0 Å². The Morgan fingerprint density at radius 3 is 2.90 bits per heavy atom. The summed E-state index contributed by atoms with van der Waals surface area (Å²) in [6.45, 7) is 2.87. The predicted molar refractivity (Wildman–Crippen MR) is 73.6 cm³/mol. The van der Waals surface area contributed by atoms with Gasteiger partial charge in [0.05, 0.1) is 5.69 Å². The van der Waals surface area contributed by atoms with E-state index in [-0.39, 0.29) is 11.3 Å². The van der Waals surface area contributed by atoms with E-state index >= 15 is 0 Å². The molecule has 108 valence electrons. The smallest absolute Gasteiger partial charge is 0.269 e. The zero-order valence-corrected chi connectivity index (χ0v) is 12.0. The highest BCUT2D eigenvalue weighted by Crippen LogP contribution is 2.23. The van der Waals surface area contributed by atoms with E-state index in [0.29, 0.717) is 19.0 Å². The molecule has 0 bridgehead atoms. The molecular weight excluding hydrogens is 281 g/mol. The maximum absolute atomic E-state index is 13.5. The van der Waals surface area contributed by atoms with Gasteiger partial charge in [-0.05, 0) is 30.9 Å². The Morgan fingerprint density at radius 2 is 2.25 bits per heavy atom. The van der Waals surface area contributed by atoms with Gasteiger partial charge in [-0.25, -0.2) is 4.39 Å². The molecule has 0 radical (unpaired) electrons. The average Bonchev–Trinajstić information content (AvgIpc) is 2.38. The maximum atomic E-state index is 13.5. The lowest BCUT2D eigenvalue weighted by atomic mass is 10.0. The second-order valence-electron chi connectivity index (χ2n) is 4.99. The van der Waals surface area contributed by atoms with E-state index in [2.05, 4.69) is 4.72 Å². The highest BCUT2D eigenvalue weighted by Gasteiger charge is 2.27. The van der Waals surface area contributed by atoms with Crippen molar-refractivity contribution in [2.24, 2.45) is 5.92 Å². The number of hydrogen-bond donors (Lipinski definition) is 1. The summed E-state index contributed by atoms with van der Waals surface area (Å²) in [5.74, 6) is -0.442. The second kappa shape index (κ2) is 5.77. The fraction of sp³-hybridized carbons (Fsp3) is 0.462. The van der Waals surface area contributed by atoms with Crippen LogP contribution < -0.4 is 4.72 Å². The summed E-state index contributed by atoms with van der Waals surface area (Å²) in [5.41, 5.74) is -0.313. The molecule has 1 aliphatic heterocycles. The molecular formula is C13H16FN3O2S. The van der Waals surface area contributed by atoms with Crippen LogP contribution in [0.4, 0.5) is 10.1 Å². The number of halogens is 1. The summed E-state index contributed by atoms with van der Waals surface area (Å²) in [4.78, 5) is 0. The minimum atomic E-state index is -3.75. The summed E-state index contributed by atoms with van der Waals surface area (Å²) in [6, 6.07) is 5.55. The fourth-order valence-corrected chi connectivity index (χ4v) is 3.69. The number of piperidine rings is 1. The van der Waals surface area contributed by atoms with Gasteiger partial charge in [-0.3, -0.25) is 4.72 Å². The van der Waals surface area contributed by atoms with Crippen LogP contribution >= 0.6 is 0 Å². The third kappa shape index (κ3) is 3.08. The van der Waals surface area contributed by atoms with Gasteiger partial charge in [0.2, 0.25) is 0 Å². The second-order valence-corrected chi connectivity index (χ2v) is 6.66. The molecule has 1 N–H and O–H groups in total. The van der Waals surface area contributed by atoms with E-state index in [4.69, 9.17) is 5.26 Å². The van der Waals surface area contributed by atoms with Crippen molar-refractivity contribution in [3.63, 3.8) is 0 Å². The van der Waals surface area contributed by atoms with Crippen LogP contribution in [0.2, 0.25) is 0 Å². The molecule has 0 saturated carbocycles. The number of benzene rings is 1. The molecule has 1 fully saturated rings. The zero-order chi connectivity index (χ0) is 14.8. The first kappa shape index (κ1) is 14.8. The van der Waals surface area contributed by atoms with Crippen LogP contribution in [0.3, 0.4) is 0 Å². The summed E-state index contributed by atoms with van der Waals surface area (Å²) >= 11 is 0. The van der Waals surface area contributed by atoms with Crippen molar-refractivity contribution >= 4 is 15.9 Å². The SMILES string of the molecule is CC1CCCN(S(=O)(=O)Nc2cccc(F)c2C#N)C1. The van der Waals surface area contributed by atoms with Gasteiger partial charge in [-0.15, -0.1) is 0 Å². The Hall–Kier alpha value is -1.65. The molecule has 1 heterocycles. The monoisotopic (exact) mass is 297 g/mol. The van der Waals surface area contributed by atoms with Crippen LogP contribution in [0.5, 0.6) is 0 Å². The molecule has 0 spiro atoms. The molecule has 2 rings (SSSR count). The molecule has 7 heteroatoms.